The Morgan fingerprint density at radius 1 is 0.964 bits per heavy atom. The number of ether oxygens (including phenoxy) is 5. The number of methoxy groups -OCH3 is 3. The Kier molecular flexibility index (Phi) is 5.26. The lowest BCUT2D eigenvalue weighted by Crippen LogP contribution is -2.02. The van der Waals surface area contributed by atoms with Crippen molar-refractivity contribution in [3.8, 4) is 28.7 Å². The number of hydrogen-bond donors (Lipinski definition) is 0. The topological polar surface area (TPSA) is 80.3 Å². The van der Waals surface area contributed by atoms with Crippen LogP contribution in [-0.4, -0.2) is 33.1 Å². The molecule has 2 aromatic rings. The highest BCUT2D eigenvalue weighted by Crippen LogP contribution is 2.40. The van der Waals surface area contributed by atoms with Gasteiger partial charge in [0.05, 0.1) is 26.9 Å². The quantitative estimate of drug-likeness (QED) is 0.443. The highest BCUT2D eigenvalue weighted by Gasteiger charge is 2.30. The number of carbonyl (C=O) groups is 2. The first-order valence-corrected chi connectivity index (χ1v) is 8.45. The van der Waals surface area contributed by atoms with Crippen LogP contribution in [-0.2, 0) is 4.79 Å². The van der Waals surface area contributed by atoms with Gasteiger partial charge in [-0.05, 0) is 30.7 Å². The van der Waals surface area contributed by atoms with Crippen LogP contribution in [0.25, 0.3) is 6.08 Å². The fraction of sp³-hybridized carbons (Fsp3) is 0.238. The van der Waals surface area contributed by atoms with Crippen molar-refractivity contribution in [2.24, 2.45) is 0 Å². The van der Waals surface area contributed by atoms with Crippen molar-refractivity contribution < 1.29 is 33.3 Å². The zero-order valence-corrected chi connectivity index (χ0v) is 16.2. The average Bonchev–Trinajstić information content (AvgIpc) is 2.96. The molecule has 2 aromatic carbocycles. The van der Waals surface area contributed by atoms with E-state index in [9.17, 15) is 9.59 Å². The molecule has 146 valence electrons. The third-order valence-electron chi connectivity index (χ3n) is 4.23. The second kappa shape index (κ2) is 7.64. The Hall–Kier alpha value is -3.48. The summed E-state index contributed by atoms with van der Waals surface area (Å²) >= 11 is 0. The van der Waals surface area contributed by atoms with Gasteiger partial charge in [-0.3, -0.25) is 9.59 Å². The van der Waals surface area contributed by atoms with Gasteiger partial charge in [-0.1, -0.05) is 0 Å². The summed E-state index contributed by atoms with van der Waals surface area (Å²) in [6, 6.07) is 6.51. The van der Waals surface area contributed by atoms with E-state index in [4.69, 9.17) is 23.7 Å². The molecule has 0 saturated carbocycles. The highest BCUT2D eigenvalue weighted by molar-refractivity contribution is 6.15. The van der Waals surface area contributed by atoms with E-state index in [2.05, 4.69) is 0 Å². The van der Waals surface area contributed by atoms with Crippen molar-refractivity contribution in [2.75, 3.05) is 21.3 Å². The smallest absolute Gasteiger partial charge is 0.308 e. The zero-order chi connectivity index (χ0) is 20.4. The molecule has 0 amide bonds. The van der Waals surface area contributed by atoms with Crippen molar-refractivity contribution >= 4 is 17.8 Å². The number of ketones is 1. The number of allylic oxidation sites excluding steroid dienone is 1. The summed E-state index contributed by atoms with van der Waals surface area (Å²) in [4.78, 5) is 24.0. The number of fused-ring (bicyclic) bond motifs is 1. The van der Waals surface area contributed by atoms with Crippen LogP contribution in [0.5, 0.6) is 28.7 Å². The molecule has 0 fully saturated rings. The fourth-order valence-corrected chi connectivity index (χ4v) is 3.01. The summed E-state index contributed by atoms with van der Waals surface area (Å²) in [5, 5.41) is 0. The van der Waals surface area contributed by atoms with Crippen LogP contribution in [0.2, 0.25) is 0 Å². The maximum atomic E-state index is 12.8. The zero-order valence-electron chi connectivity index (χ0n) is 16.2. The summed E-state index contributed by atoms with van der Waals surface area (Å²) in [6.07, 6.45) is 1.58. The maximum absolute atomic E-state index is 12.8. The molecule has 0 bridgehead atoms. The summed E-state index contributed by atoms with van der Waals surface area (Å²) in [7, 11) is 4.57. The van der Waals surface area contributed by atoms with Gasteiger partial charge in [0.1, 0.15) is 17.2 Å². The lowest BCUT2D eigenvalue weighted by atomic mass is 10.0. The molecular formula is C21H20O7. The van der Waals surface area contributed by atoms with Crippen LogP contribution in [0.4, 0.5) is 0 Å². The van der Waals surface area contributed by atoms with E-state index in [1.165, 1.54) is 34.3 Å². The molecule has 1 aliphatic heterocycles. The van der Waals surface area contributed by atoms with Gasteiger partial charge in [0, 0.05) is 24.6 Å². The Balaban J connectivity index is 2.03. The van der Waals surface area contributed by atoms with E-state index in [0.717, 1.165) is 0 Å². The Labute approximate surface area is 162 Å². The van der Waals surface area contributed by atoms with Crippen LogP contribution < -0.4 is 23.7 Å². The molecule has 7 nitrogen and oxygen atoms in total. The minimum atomic E-state index is -0.450. The standard InChI is InChI=1S/C21H20O7/c1-11-6-14(27-12(2)22)9-18-20(11)21(23)19(28-18)8-13-7-16(25-4)17(26-5)10-15(13)24-3/h6-10H,1-5H3/b19-8-. The molecule has 0 aromatic heterocycles. The lowest BCUT2D eigenvalue weighted by molar-refractivity contribution is -0.131. The summed E-state index contributed by atoms with van der Waals surface area (Å²) in [5.74, 6) is 1.57. The number of hydrogen-bond acceptors (Lipinski definition) is 7. The average molecular weight is 384 g/mol. The second-order valence-corrected chi connectivity index (χ2v) is 6.10. The molecule has 7 heteroatoms. The third kappa shape index (κ3) is 3.51. The fourth-order valence-electron chi connectivity index (χ4n) is 3.01. The van der Waals surface area contributed by atoms with Crippen LogP contribution in [0.1, 0.15) is 28.4 Å². The monoisotopic (exact) mass is 384 g/mol. The molecule has 0 unspecified atom stereocenters. The molecule has 1 aliphatic rings. The normalized spacial score (nSPS) is 13.8. The van der Waals surface area contributed by atoms with Crippen LogP contribution >= 0.6 is 0 Å². The number of benzene rings is 2. The van der Waals surface area contributed by atoms with Crippen LogP contribution in [0.15, 0.2) is 30.0 Å². The van der Waals surface area contributed by atoms with Crippen molar-refractivity contribution in [3.05, 3.63) is 46.7 Å². The van der Waals surface area contributed by atoms with Crippen LogP contribution in [0, 0.1) is 6.92 Å². The number of aryl methyl sites for hydroxylation is 1. The molecule has 0 atom stereocenters. The van der Waals surface area contributed by atoms with Gasteiger partial charge in [-0.15, -0.1) is 0 Å². The van der Waals surface area contributed by atoms with Crippen molar-refractivity contribution in [1.82, 2.24) is 0 Å². The van der Waals surface area contributed by atoms with Crippen molar-refractivity contribution in [2.45, 2.75) is 13.8 Å². The predicted molar refractivity (Wildman–Crippen MR) is 102 cm³/mol. The molecule has 0 N–H and O–H groups in total. The molecule has 1 heterocycles. The van der Waals surface area contributed by atoms with Crippen molar-refractivity contribution in [1.29, 1.82) is 0 Å². The van der Waals surface area contributed by atoms with Gasteiger partial charge in [-0.25, -0.2) is 0 Å². The predicted octanol–water partition coefficient (Wildman–Crippen LogP) is 3.56. The summed E-state index contributed by atoms with van der Waals surface area (Å²) in [6.45, 7) is 3.07. The van der Waals surface area contributed by atoms with Gasteiger partial charge < -0.3 is 23.7 Å². The highest BCUT2D eigenvalue weighted by atomic mass is 16.5. The van der Waals surface area contributed by atoms with E-state index >= 15 is 0 Å². The van der Waals surface area contributed by atoms with Crippen molar-refractivity contribution in [3.63, 3.8) is 0 Å². The summed E-state index contributed by atoms with van der Waals surface area (Å²) < 4.78 is 26.8. The van der Waals surface area contributed by atoms with E-state index in [1.54, 1.807) is 31.2 Å². The first-order valence-electron chi connectivity index (χ1n) is 8.45. The van der Waals surface area contributed by atoms with E-state index in [0.29, 0.717) is 45.4 Å². The number of esters is 1. The molecule has 0 radical (unpaired) electrons. The van der Waals surface area contributed by atoms with Gasteiger partial charge in [0.2, 0.25) is 5.78 Å². The lowest BCUT2D eigenvalue weighted by Gasteiger charge is -2.12. The van der Waals surface area contributed by atoms with E-state index in [1.807, 2.05) is 0 Å². The second-order valence-electron chi connectivity index (χ2n) is 6.10. The van der Waals surface area contributed by atoms with E-state index < -0.39 is 5.97 Å². The van der Waals surface area contributed by atoms with Gasteiger partial charge >= 0.3 is 5.97 Å². The molecule has 0 aliphatic carbocycles. The van der Waals surface area contributed by atoms with Gasteiger partial charge in [0.15, 0.2) is 17.3 Å². The number of rotatable bonds is 5. The first kappa shape index (κ1) is 19.3. The SMILES string of the molecule is COc1cc(OC)c(OC)cc1/C=C1\Oc2cc(OC(C)=O)cc(C)c2C1=O. The first-order chi connectivity index (χ1) is 13.4. The number of Topliss-reactive ketones (excluding diaryl/α,β-unsaturated/α-hetero) is 1. The number of carbonyl (C=O) groups excluding carboxylic acids is 2. The largest absolute Gasteiger partial charge is 0.496 e. The summed E-state index contributed by atoms with van der Waals surface area (Å²) in [5.41, 5.74) is 1.68. The molecule has 0 spiro atoms. The van der Waals surface area contributed by atoms with E-state index in [-0.39, 0.29) is 11.5 Å². The molecule has 28 heavy (non-hydrogen) atoms. The Bertz CT molecular complexity index is 989. The minimum absolute atomic E-state index is 0.128. The molecular weight excluding hydrogens is 364 g/mol. The van der Waals surface area contributed by atoms with Gasteiger partial charge in [-0.2, -0.15) is 0 Å². The van der Waals surface area contributed by atoms with Gasteiger partial charge in [0.25, 0.3) is 0 Å². The van der Waals surface area contributed by atoms with Crippen LogP contribution in [0.3, 0.4) is 0 Å². The molecule has 3 rings (SSSR count). The maximum Gasteiger partial charge on any atom is 0.308 e. The Morgan fingerprint density at radius 2 is 1.61 bits per heavy atom. The minimum Gasteiger partial charge on any atom is -0.496 e. The Morgan fingerprint density at radius 3 is 2.21 bits per heavy atom. The molecule has 0 saturated heterocycles. The third-order valence-corrected chi connectivity index (χ3v) is 4.23.